The van der Waals surface area contributed by atoms with Crippen LogP contribution in [0.3, 0.4) is 0 Å². The molecule has 0 bridgehead atoms. The second-order valence-electron chi connectivity index (χ2n) is 8.75. The molecule has 192 valence electrons. The van der Waals surface area contributed by atoms with Crippen molar-refractivity contribution in [2.24, 2.45) is 0 Å². The number of pyridine rings is 1. The number of carbonyl (C=O) groups is 1. The third kappa shape index (κ3) is 5.24. The zero-order chi connectivity index (χ0) is 27.2. The van der Waals surface area contributed by atoms with E-state index in [4.69, 9.17) is 9.52 Å². The Morgan fingerprint density at radius 1 is 1.22 bits per heavy atom. The zero-order valence-electron chi connectivity index (χ0n) is 19.9. The number of amides is 1. The standard InChI is InChI=1S/C24H21F3N6O3S/c1-13-19(21(34)31-15-5-4-6-16(11-15)37(3,29)35)22(33-32-20(13)24(25,26)27)36-17-7-8-18(30-14(17)2)23(12-28)9-10-23/h4-8,11,29H,9-10H2,1-3H3,(H,31,34). The van der Waals surface area contributed by atoms with Gasteiger partial charge in [0.05, 0.1) is 32.6 Å². The summed E-state index contributed by atoms with van der Waals surface area (Å²) in [5, 5.41) is 18.7. The smallest absolute Gasteiger partial charge is 0.435 e. The Bertz CT molecular complexity index is 1560. The number of nitrogens with zero attached hydrogens (tertiary/aromatic N) is 4. The molecule has 1 unspecified atom stereocenters. The summed E-state index contributed by atoms with van der Waals surface area (Å²) in [4.78, 5) is 17.7. The zero-order valence-corrected chi connectivity index (χ0v) is 20.8. The van der Waals surface area contributed by atoms with E-state index in [2.05, 4.69) is 26.6 Å². The van der Waals surface area contributed by atoms with Gasteiger partial charge in [-0.2, -0.15) is 18.4 Å². The number of anilines is 1. The van der Waals surface area contributed by atoms with Crippen molar-refractivity contribution in [2.45, 2.75) is 43.2 Å². The minimum atomic E-state index is -4.88. The highest BCUT2D eigenvalue weighted by atomic mass is 32.2. The van der Waals surface area contributed by atoms with Gasteiger partial charge in [-0.25, -0.2) is 8.99 Å². The second-order valence-corrected chi connectivity index (χ2v) is 10.9. The fourth-order valence-electron chi connectivity index (χ4n) is 3.69. The maximum absolute atomic E-state index is 13.6. The fraction of sp³-hybridized carbons (Fsp3) is 0.292. The van der Waals surface area contributed by atoms with E-state index >= 15 is 0 Å². The Morgan fingerprint density at radius 3 is 2.49 bits per heavy atom. The van der Waals surface area contributed by atoms with Gasteiger partial charge in [0.15, 0.2) is 11.4 Å². The number of halogens is 3. The molecule has 1 atom stereocenters. The second kappa shape index (κ2) is 9.11. The Kier molecular flexibility index (Phi) is 6.41. The lowest BCUT2D eigenvalue weighted by Crippen LogP contribution is -2.21. The van der Waals surface area contributed by atoms with Crippen LogP contribution in [0.5, 0.6) is 11.6 Å². The van der Waals surface area contributed by atoms with E-state index in [1.165, 1.54) is 36.6 Å². The van der Waals surface area contributed by atoms with Crippen LogP contribution in [0.4, 0.5) is 18.9 Å². The Labute approximate surface area is 210 Å². The summed E-state index contributed by atoms with van der Waals surface area (Å²) < 4.78 is 66.2. The Balaban J connectivity index is 1.74. The van der Waals surface area contributed by atoms with Crippen LogP contribution in [0.2, 0.25) is 0 Å². The number of nitrogens with one attached hydrogen (secondary N) is 2. The van der Waals surface area contributed by atoms with Crippen molar-refractivity contribution in [2.75, 3.05) is 11.6 Å². The molecule has 3 aromatic rings. The van der Waals surface area contributed by atoms with E-state index in [1.807, 2.05) is 0 Å². The van der Waals surface area contributed by atoms with Crippen LogP contribution in [0, 0.1) is 30.0 Å². The predicted octanol–water partition coefficient (Wildman–Crippen LogP) is 5.14. The van der Waals surface area contributed by atoms with Crippen LogP contribution >= 0.6 is 0 Å². The SMILES string of the molecule is Cc1nc(C2(C#N)CC2)ccc1Oc1nnc(C(F)(F)F)c(C)c1C(=O)Nc1cccc(S(C)(=N)=O)c1. The van der Waals surface area contributed by atoms with Crippen LogP contribution < -0.4 is 10.1 Å². The predicted molar refractivity (Wildman–Crippen MR) is 127 cm³/mol. The number of nitriles is 1. The van der Waals surface area contributed by atoms with Crippen molar-refractivity contribution >= 4 is 21.3 Å². The molecule has 2 aromatic heterocycles. The molecule has 37 heavy (non-hydrogen) atoms. The average Bonchev–Trinajstić information content (AvgIpc) is 3.60. The first kappa shape index (κ1) is 26.0. The maximum atomic E-state index is 13.6. The molecule has 2 heterocycles. The van der Waals surface area contributed by atoms with E-state index in [0.717, 1.165) is 6.92 Å². The average molecular weight is 531 g/mol. The van der Waals surface area contributed by atoms with Crippen molar-refractivity contribution in [1.29, 1.82) is 10.0 Å². The molecule has 1 fully saturated rings. The first-order chi connectivity index (χ1) is 17.2. The number of hydrogen-bond acceptors (Lipinski definition) is 8. The van der Waals surface area contributed by atoms with Crippen LogP contribution in [0.25, 0.3) is 0 Å². The van der Waals surface area contributed by atoms with Crippen molar-refractivity contribution < 1.29 is 26.9 Å². The van der Waals surface area contributed by atoms with Crippen LogP contribution in [-0.4, -0.2) is 31.6 Å². The molecule has 1 saturated carbocycles. The monoisotopic (exact) mass is 530 g/mol. The van der Waals surface area contributed by atoms with Crippen molar-refractivity contribution in [1.82, 2.24) is 15.2 Å². The number of ether oxygens (including phenoxy) is 1. The number of benzene rings is 1. The molecule has 0 aliphatic heterocycles. The first-order valence-corrected chi connectivity index (χ1v) is 12.9. The minimum Gasteiger partial charge on any atom is -0.435 e. The number of aryl methyl sites for hydroxylation is 1. The topological polar surface area (TPSA) is 142 Å². The number of hydrogen-bond donors (Lipinski definition) is 2. The molecule has 9 nitrogen and oxygen atoms in total. The molecule has 1 aliphatic rings. The summed E-state index contributed by atoms with van der Waals surface area (Å²) in [6.45, 7) is 2.68. The molecule has 0 spiro atoms. The quantitative estimate of drug-likeness (QED) is 0.449. The first-order valence-electron chi connectivity index (χ1n) is 10.9. The number of rotatable bonds is 6. The Morgan fingerprint density at radius 2 is 1.92 bits per heavy atom. The fourth-order valence-corrected chi connectivity index (χ4v) is 4.38. The van der Waals surface area contributed by atoms with Gasteiger partial charge in [-0.15, -0.1) is 10.2 Å². The van der Waals surface area contributed by atoms with E-state index in [1.54, 1.807) is 13.0 Å². The van der Waals surface area contributed by atoms with Gasteiger partial charge in [-0.3, -0.25) is 9.78 Å². The highest BCUT2D eigenvalue weighted by molar-refractivity contribution is 7.91. The van der Waals surface area contributed by atoms with Crippen molar-refractivity contribution in [3.8, 4) is 17.7 Å². The number of carbonyl (C=O) groups excluding carboxylic acids is 1. The van der Waals surface area contributed by atoms with Gasteiger partial charge in [-0.05, 0) is 62.6 Å². The minimum absolute atomic E-state index is 0.119. The lowest BCUT2D eigenvalue weighted by atomic mass is 10.0. The lowest BCUT2D eigenvalue weighted by Gasteiger charge is -2.17. The molecule has 4 rings (SSSR count). The van der Waals surface area contributed by atoms with Crippen molar-refractivity contribution in [3.05, 3.63) is 64.6 Å². The van der Waals surface area contributed by atoms with Gasteiger partial charge in [0.2, 0.25) is 0 Å². The molecule has 2 N–H and O–H groups in total. The molecular weight excluding hydrogens is 509 g/mol. The summed E-state index contributed by atoms with van der Waals surface area (Å²) in [6, 6.07) is 11.0. The van der Waals surface area contributed by atoms with E-state index in [9.17, 15) is 27.4 Å². The van der Waals surface area contributed by atoms with Gasteiger partial charge in [-0.1, -0.05) is 6.07 Å². The lowest BCUT2D eigenvalue weighted by molar-refractivity contribution is -0.142. The summed E-state index contributed by atoms with van der Waals surface area (Å²) in [7, 11) is -3.10. The van der Waals surface area contributed by atoms with Crippen LogP contribution in [0.15, 0.2) is 41.3 Å². The van der Waals surface area contributed by atoms with Crippen molar-refractivity contribution in [3.63, 3.8) is 0 Å². The molecule has 13 heteroatoms. The number of alkyl halides is 3. The largest absolute Gasteiger partial charge is 0.435 e. The normalized spacial score (nSPS) is 15.8. The molecule has 1 aliphatic carbocycles. The van der Waals surface area contributed by atoms with E-state index < -0.39 is 49.9 Å². The van der Waals surface area contributed by atoms with Gasteiger partial charge in [0, 0.05) is 16.8 Å². The van der Waals surface area contributed by atoms with E-state index in [-0.39, 0.29) is 16.3 Å². The van der Waals surface area contributed by atoms with Crippen LogP contribution in [-0.2, 0) is 21.3 Å². The van der Waals surface area contributed by atoms with Gasteiger partial charge >= 0.3 is 6.18 Å². The third-order valence-corrected chi connectivity index (χ3v) is 7.07. The molecule has 1 aromatic carbocycles. The maximum Gasteiger partial charge on any atom is 0.435 e. The van der Waals surface area contributed by atoms with E-state index in [0.29, 0.717) is 24.2 Å². The highest BCUT2D eigenvalue weighted by Crippen LogP contribution is 2.47. The Hall–Kier alpha value is -4.05. The summed E-state index contributed by atoms with van der Waals surface area (Å²) >= 11 is 0. The number of aromatic nitrogens is 3. The highest BCUT2D eigenvalue weighted by Gasteiger charge is 2.46. The van der Waals surface area contributed by atoms with Gasteiger partial charge < -0.3 is 10.1 Å². The summed E-state index contributed by atoms with van der Waals surface area (Å²) in [5.41, 5.74) is -1.97. The van der Waals surface area contributed by atoms with Crippen LogP contribution in [0.1, 0.15) is 45.8 Å². The molecule has 1 amide bonds. The molecule has 0 saturated heterocycles. The third-order valence-electron chi connectivity index (χ3n) is 5.92. The van der Waals surface area contributed by atoms with Gasteiger partial charge in [0.25, 0.3) is 11.8 Å². The van der Waals surface area contributed by atoms with Gasteiger partial charge in [0.1, 0.15) is 5.56 Å². The molecule has 0 radical (unpaired) electrons. The summed E-state index contributed by atoms with van der Waals surface area (Å²) in [6.07, 6.45) is -2.31. The summed E-state index contributed by atoms with van der Waals surface area (Å²) in [5.74, 6) is -1.32. The molecular formula is C24H21F3N6O3S.